The molecule has 0 saturated carbocycles. The van der Waals surface area contributed by atoms with Crippen LogP contribution in [0.4, 0.5) is 5.69 Å². The van der Waals surface area contributed by atoms with Crippen molar-refractivity contribution in [1.29, 1.82) is 0 Å². The van der Waals surface area contributed by atoms with E-state index in [0.29, 0.717) is 10.7 Å². The number of hydrogen-bond acceptors (Lipinski definition) is 3. The first-order valence-corrected chi connectivity index (χ1v) is 7.06. The molecule has 0 aliphatic carbocycles. The second-order valence-corrected chi connectivity index (χ2v) is 6.17. The summed E-state index contributed by atoms with van der Waals surface area (Å²) in [6.07, 6.45) is -0.114. The average Bonchev–Trinajstić information content (AvgIpc) is 2.35. The van der Waals surface area contributed by atoms with E-state index in [9.17, 15) is 14.4 Å². The molecule has 0 heterocycles. The molecule has 0 aliphatic heterocycles. The van der Waals surface area contributed by atoms with E-state index < -0.39 is 11.4 Å². The number of hydrogen-bond donors (Lipinski definition) is 3. The number of rotatable bonds is 6. The Kier molecular flexibility index (Phi) is 5.93. The van der Waals surface area contributed by atoms with E-state index in [2.05, 4.69) is 10.6 Å². The van der Waals surface area contributed by atoms with Crippen LogP contribution in [0.3, 0.4) is 0 Å². The number of benzene rings is 1. The van der Waals surface area contributed by atoms with Gasteiger partial charge >= 0.3 is 5.97 Å². The molecule has 22 heavy (non-hydrogen) atoms. The first kappa shape index (κ1) is 18.0. The van der Waals surface area contributed by atoms with Crippen molar-refractivity contribution in [3.05, 3.63) is 28.8 Å². The van der Waals surface area contributed by atoms with Crippen LogP contribution in [0.25, 0.3) is 0 Å². The van der Waals surface area contributed by atoms with Crippen LogP contribution in [0.15, 0.2) is 18.2 Å². The van der Waals surface area contributed by atoms with Crippen molar-refractivity contribution in [3.63, 3.8) is 0 Å². The molecule has 3 N–H and O–H groups in total. The highest BCUT2D eigenvalue weighted by Crippen LogP contribution is 2.27. The van der Waals surface area contributed by atoms with Gasteiger partial charge < -0.3 is 15.7 Å². The smallest absolute Gasteiger partial charge is 0.303 e. The van der Waals surface area contributed by atoms with Crippen LogP contribution in [-0.4, -0.2) is 29.9 Å². The van der Waals surface area contributed by atoms with Crippen LogP contribution in [-0.2, 0) is 9.59 Å². The average molecular weight is 327 g/mol. The molecule has 0 fully saturated rings. The number of aliphatic carboxylic acids is 1. The summed E-state index contributed by atoms with van der Waals surface area (Å²) in [4.78, 5) is 34.7. The van der Waals surface area contributed by atoms with Crippen molar-refractivity contribution in [3.8, 4) is 0 Å². The maximum absolute atomic E-state index is 12.1. The fraction of sp³-hybridized carbons (Fsp3) is 0.400. The highest BCUT2D eigenvalue weighted by atomic mass is 35.5. The van der Waals surface area contributed by atoms with Crippen molar-refractivity contribution < 1.29 is 19.5 Å². The number of amides is 2. The first-order valence-electron chi connectivity index (χ1n) is 6.68. The van der Waals surface area contributed by atoms with E-state index in [0.717, 1.165) is 0 Å². The third-order valence-electron chi connectivity index (χ3n) is 3.00. The van der Waals surface area contributed by atoms with Gasteiger partial charge in [0.15, 0.2) is 0 Å². The van der Waals surface area contributed by atoms with Gasteiger partial charge in [-0.1, -0.05) is 25.4 Å². The third-order valence-corrected chi connectivity index (χ3v) is 3.23. The van der Waals surface area contributed by atoms with Gasteiger partial charge in [-0.05, 0) is 23.6 Å². The molecule has 6 nitrogen and oxygen atoms in total. The third kappa shape index (κ3) is 5.37. The maximum Gasteiger partial charge on any atom is 0.303 e. The Morgan fingerprint density at radius 3 is 2.41 bits per heavy atom. The summed E-state index contributed by atoms with van der Waals surface area (Å²) < 4.78 is 0. The molecule has 7 heteroatoms. The summed E-state index contributed by atoms with van der Waals surface area (Å²) in [5.41, 5.74) is -0.110. The molecule has 1 aromatic carbocycles. The zero-order valence-corrected chi connectivity index (χ0v) is 13.5. The molecule has 0 unspecified atom stereocenters. The molecule has 0 radical (unpaired) electrons. The topological polar surface area (TPSA) is 95.5 Å². The van der Waals surface area contributed by atoms with Gasteiger partial charge in [0.1, 0.15) is 0 Å². The van der Waals surface area contributed by atoms with Gasteiger partial charge in [-0.15, -0.1) is 0 Å². The van der Waals surface area contributed by atoms with Gasteiger partial charge in [0.05, 0.1) is 17.7 Å². The SMILES string of the molecule is CNC(=O)c1ccc(Cl)cc1NC(=O)CC(C)(C)CC(=O)O. The van der Waals surface area contributed by atoms with Crippen LogP contribution in [0.2, 0.25) is 5.02 Å². The molecule has 1 aromatic rings. The Morgan fingerprint density at radius 1 is 1.23 bits per heavy atom. The van der Waals surface area contributed by atoms with Crippen LogP contribution in [0, 0.1) is 5.41 Å². The summed E-state index contributed by atoms with van der Waals surface area (Å²) in [5, 5.41) is 14.3. The summed E-state index contributed by atoms with van der Waals surface area (Å²) in [5.74, 6) is -1.69. The van der Waals surface area contributed by atoms with Crippen molar-refractivity contribution >= 4 is 35.1 Å². The molecular weight excluding hydrogens is 308 g/mol. The van der Waals surface area contributed by atoms with Crippen LogP contribution in [0.1, 0.15) is 37.0 Å². The number of nitrogens with one attached hydrogen (secondary N) is 2. The number of halogens is 1. The Bertz CT molecular complexity index is 599. The van der Waals surface area contributed by atoms with E-state index in [-0.39, 0.29) is 30.2 Å². The Labute approximate surface area is 133 Å². The van der Waals surface area contributed by atoms with Gasteiger partial charge in [-0.3, -0.25) is 14.4 Å². The Balaban J connectivity index is 2.90. The second-order valence-electron chi connectivity index (χ2n) is 5.73. The predicted molar refractivity (Wildman–Crippen MR) is 84.1 cm³/mol. The van der Waals surface area contributed by atoms with Crippen molar-refractivity contribution in [1.82, 2.24) is 5.32 Å². The van der Waals surface area contributed by atoms with Crippen molar-refractivity contribution in [2.75, 3.05) is 12.4 Å². The van der Waals surface area contributed by atoms with Gasteiger partial charge in [0.25, 0.3) is 5.91 Å². The first-order chi connectivity index (χ1) is 10.1. The molecule has 0 saturated heterocycles. The number of carbonyl (C=O) groups excluding carboxylic acids is 2. The lowest BCUT2D eigenvalue weighted by Crippen LogP contribution is -2.26. The standard InChI is InChI=1S/C15H19ClN2O4/c1-15(2,8-13(20)21)7-12(19)18-11-6-9(16)4-5-10(11)14(22)17-3/h4-6H,7-8H2,1-3H3,(H,17,22)(H,18,19)(H,20,21). The minimum absolute atomic E-state index is 0.0129. The van der Waals surface area contributed by atoms with E-state index >= 15 is 0 Å². The highest BCUT2D eigenvalue weighted by Gasteiger charge is 2.26. The van der Waals surface area contributed by atoms with E-state index in [1.165, 1.54) is 19.2 Å². The lowest BCUT2D eigenvalue weighted by Gasteiger charge is -2.22. The largest absolute Gasteiger partial charge is 0.481 e. The molecule has 0 aliphatic rings. The monoisotopic (exact) mass is 326 g/mol. The number of carboxylic acids is 1. The summed E-state index contributed by atoms with van der Waals surface area (Å²) in [6.45, 7) is 3.39. The minimum atomic E-state index is -0.966. The van der Waals surface area contributed by atoms with E-state index in [4.69, 9.17) is 16.7 Å². The molecule has 2 amide bonds. The van der Waals surface area contributed by atoms with E-state index in [1.54, 1.807) is 19.9 Å². The van der Waals surface area contributed by atoms with Crippen LogP contribution >= 0.6 is 11.6 Å². The van der Waals surface area contributed by atoms with Crippen molar-refractivity contribution in [2.24, 2.45) is 5.41 Å². The fourth-order valence-electron chi connectivity index (χ4n) is 2.05. The van der Waals surface area contributed by atoms with Gasteiger partial charge in [0.2, 0.25) is 5.91 Å². The molecule has 0 aromatic heterocycles. The van der Waals surface area contributed by atoms with Gasteiger partial charge in [-0.25, -0.2) is 0 Å². The zero-order valence-electron chi connectivity index (χ0n) is 12.7. The summed E-state index contributed by atoms with van der Waals surface area (Å²) in [7, 11) is 1.48. The molecule has 1 rings (SSSR count). The molecule has 0 bridgehead atoms. The number of anilines is 1. The predicted octanol–water partition coefficient (Wildman–Crippen LogP) is 2.53. The zero-order chi connectivity index (χ0) is 16.9. The quantitative estimate of drug-likeness (QED) is 0.748. The Morgan fingerprint density at radius 2 is 1.86 bits per heavy atom. The van der Waals surface area contributed by atoms with Gasteiger partial charge in [-0.2, -0.15) is 0 Å². The summed E-state index contributed by atoms with van der Waals surface area (Å²) in [6, 6.07) is 4.55. The highest BCUT2D eigenvalue weighted by molar-refractivity contribution is 6.31. The van der Waals surface area contributed by atoms with Crippen molar-refractivity contribution in [2.45, 2.75) is 26.7 Å². The van der Waals surface area contributed by atoms with E-state index in [1.807, 2.05) is 0 Å². The maximum atomic E-state index is 12.1. The van der Waals surface area contributed by atoms with Gasteiger partial charge in [0, 0.05) is 18.5 Å². The summed E-state index contributed by atoms with van der Waals surface area (Å²) >= 11 is 5.89. The molecule has 0 atom stereocenters. The molecule has 120 valence electrons. The lowest BCUT2D eigenvalue weighted by molar-refractivity contribution is -0.139. The van der Waals surface area contributed by atoms with Crippen LogP contribution in [0.5, 0.6) is 0 Å². The number of carbonyl (C=O) groups is 3. The second kappa shape index (κ2) is 7.26. The normalized spacial score (nSPS) is 10.9. The molecular formula is C15H19ClN2O4. The Hall–Kier alpha value is -2.08. The lowest BCUT2D eigenvalue weighted by atomic mass is 9.85. The van der Waals surface area contributed by atoms with Crippen LogP contribution < -0.4 is 10.6 Å². The number of carboxylic acid groups (broad SMARTS) is 1. The fourth-order valence-corrected chi connectivity index (χ4v) is 2.23. The molecule has 0 spiro atoms. The minimum Gasteiger partial charge on any atom is -0.481 e.